The van der Waals surface area contributed by atoms with Crippen LogP contribution in [0.5, 0.6) is 0 Å². The van der Waals surface area contributed by atoms with Crippen LogP contribution in [0.15, 0.2) is 52.3 Å². The molecule has 0 radical (unpaired) electrons. The molecule has 0 amide bonds. The Morgan fingerprint density at radius 3 is 2.30 bits per heavy atom. The van der Waals surface area contributed by atoms with E-state index in [0.29, 0.717) is 11.3 Å². The third-order valence-electron chi connectivity index (χ3n) is 4.13. The van der Waals surface area contributed by atoms with Crippen molar-refractivity contribution in [3.8, 4) is 0 Å². The van der Waals surface area contributed by atoms with Crippen molar-refractivity contribution in [3.05, 3.63) is 59.2 Å². The van der Waals surface area contributed by atoms with Crippen molar-refractivity contribution in [2.75, 3.05) is 12.3 Å². The predicted molar refractivity (Wildman–Crippen MR) is 109 cm³/mol. The first kappa shape index (κ1) is 21.5. The fourth-order valence-corrected chi connectivity index (χ4v) is 4.43. The largest absolute Gasteiger partial charge is 0.478 e. The first-order valence-electron chi connectivity index (χ1n) is 8.58. The van der Waals surface area contributed by atoms with Gasteiger partial charge in [0, 0.05) is 17.2 Å². The summed E-state index contributed by atoms with van der Waals surface area (Å²) in [5, 5.41) is 9.15. The van der Waals surface area contributed by atoms with Crippen LogP contribution in [-0.4, -0.2) is 31.8 Å². The molecule has 27 heavy (non-hydrogen) atoms. The zero-order chi connectivity index (χ0) is 20.2. The molecule has 7 heteroatoms. The van der Waals surface area contributed by atoms with Crippen molar-refractivity contribution >= 4 is 27.8 Å². The Balaban J connectivity index is 1.94. The second kappa shape index (κ2) is 8.46. The Kier molecular flexibility index (Phi) is 6.72. The molecule has 0 aliphatic carbocycles. The molecule has 0 fully saturated rings. The molecule has 0 heterocycles. The summed E-state index contributed by atoms with van der Waals surface area (Å²) in [6, 6.07) is 12.4. The monoisotopic (exact) mass is 407 g/mol. The minimum absolute atomic E-state index is 0.00816. The molecule has 0 atom stereocenters. The van der Waals surface area contributed by atoms with Crippen LogP contribution < -0.4 is 4.72 Å². The van der Waals surface area contributed by atoms with E-state index in [4.69, 9.17) is 5.11 Å². The Bertz CT molecular complexity index is 914. The van der Waals surface area contributed by atoms with Gasteiger partial charge in [-0.05, 0) is 47.7 Å². The Hall–Kier alpha value is -1.83. The number of carboxylic acids is 1. The first-order chi connectivity index (χ1) is 12.5. The lowest BCUT2D eigenvalue weighted by Crippen LogP contribution is -2.26. The van der Waals surface area contributed by atoms with Crippen LogP contribution in [-0.2, 0) is 15.4 Å². The second-order valence-corrected chi connectivity index (χ2v) is 10.2. The summed E-state index contributed by atoms with van der Waals surface area (Å²) < 4.78 is 27.3. The summed E-state index contributed by atoms with van der Waals surface area (Å²) in [5.74, 6) is -0.565. The molecule has 0 aromatic heterocycles. The van der Waals surface area contributed by atoms with Crippen LogP contribution in [0.4, 0.5) is 0 Å². The molecule has 2 aromatic carbocycles. The third kappa shape index (κ3) is 5.82. The maximum atomic E-state index is 12.4. The summed E-state index contributed by atoms with van der Waals surface area (Å²) >= 11 is 1.57. The van der Waals surface area contributed by atoms with Gasteiger partial charge in [-0.3, -0.25) is 0 Å². The fourth-order valence-electron chi connectivity index (χ4n) is 2.48. The average molecular weight is 408 g/mol. The van der Waals surface area contributed by atoms with E-state index in [2.05, 4.69) is 37.6 Å². The highest BCUT2D eigenvalue weighted by Crippen LogP contribution is 2.25. The summed E-state index contributed by atoms with van der Waals surface area (Å²) in [7, 11) is -3.74. The van der Waals surface area contributed by atoms with Gasteiger partial charge >= 0.3 is 5.97 Å². The van der Waals surface area contributed by atoms with E-state index in [0.717, 1.165) is 4.90 Å². The van der Waals surface area contributed by atoms with Crippen molar-refractivity contribution in [3.63, 3.8) is 0 Å². The zero-order valence-corrected chi connectivity index (χ0v) is 17.6. The Labute approximate surface area is 165 Å². The fraction of sp³-hybridized carbons (Fsp3) is 0.350. The molecule has 5 nitrogen and oxygen atoms in total. The van der Waals surface area contributed by atoms with Gasteiger partial charge in [-0.2, -0.15) is 0 Å². The number of carbonyl (C=O) groups is 1. The molecule has 146 valence electrons. The molecule has 0 spiro atoms. The normalized spacial score (nSPS) is 12.1. The van der Waals surface area contributed by atoms with Crippen LogP contribution in [0.25, 0.3) is 0 Å². The molecule has 0 saturated heterocycles. The van der Waals surface area contributed by atoms with Gasteiger partial charge in [-0.1, -0.05) is 39.0 Å². The number of carboxylic acid groups (broad SMARTS) is 1. The SMILES string of the molecule is Cc1ccc(S(=O)(=O)NCCSc2ccc(C(C)(C)C)cc2)cc1C(=O)O. The Morgan fingerprint density at radius 2 is 1.74 bits per heavy atom. The van der Waals surface area contributed by atoms with E-state index in [9.17, 15) is 13.2 Å². The van der Waals surface area contributed by atoms with Crippen LogP contribution in [0.2, 0.25) is 0 Å². The van der Waals surface area contributed by atoms with Gasteiger partial charge in [0.1, 0.15) is 0 Å². The van der Waals surface area contributed by atoms with E-state index in [1.807, 2.05) is 12.1 Å². The molecular formula is C20H25NO4S2. The number of rotatable bonds is 7. The molecule has 2 N–H and O–H groups in total. The van der Waals surface area contributed by atoms with E-state index in [1.165, 1.54) is 23.8 Å². The molecule has 2 aromatic rings. The Morgan fingerprint density at radius 1 is 1.11 bits per heavy atom. The molecule has 0 unspecified atom stereocenters. The number of hydrogen-bond acceptors (Lipinski definition) is 4. The smallest absolute Gasteiger partial charge is 0.335 e. The number of thioether (sulfide) groups is 1. The van der Waals surface area contributed by atoms with Crippen LogP contribution in [0.3, 0.4) is 0 Å². The minimum Gasteiger partial charge on any atom is -0.478 e. The van der Waals surface area contributed by atoms with E-state index < -0.39 is 16.0 Å². The molecule has 0 aliphatic rings. The van der Waals surface area contributed by atoms with Crippen LogP contribution in [0.1, 0.15) is 42.3 Å². The highest BCUT2D eigenvalue weighted by atomic mass is 32.2. The van der Waals surface area contributed by atoms with Gasteiger partial charge in [0.05, 0.1) is 10.5 Å². The maximum absolute atomic E-state index is 12.4. The standard InChI is InChI=1S/C20H25NO4S2/c1-14-5-10-17(13-18(14)19(22)23)27(24,25)21-11-12-26-16-8-6-15(7-9-16)20(2,3)4/h5-10,13,21H,11-12H2,1-4H3,(H,22,23). The molecule has 0 saturated carbocycles. The average Bonchev–Trinajstić information content (AvgIpc) is 2.58. The van der Waals surface area contributed by atoms with Crippen molar-refractivity contribution in [2.45, 2.75) is 42.9 Å². The highest BCUT2D eigenvalue weighted by molar-refractivity contribution is 7.99. The third-order valence-corrected chi connectivity index (χ3v) is 6.61. The van der Waals surface area contributed by atoms with Crippen molar-refractivity contribution in [2.24, 2.45) is 0 Å². The number of hydrogen-bond donors (Lipinski definition) is 2. The minimum atomic E-state index is -3.74. The number of benzene rings is 2. The van der Waals surface area contributed by atoms with Gasteiger partial charge in [0.15, 0.2) is 0 Å². The molecule has 2 rings (SSSR count). The predicted octanol–water partition coefficient (Wildman–Crippen LogP) is 4.06. The quantitative estimate of drug-likeness (QED) is 0.534. The van der Waals surface area contributed by atoms with Crippen molar-refractivity contribution in [1.29, 1.82) is 0 Å². The van der Waals surface area contributed by atoms with Crippen LogP contribution >= 0.6 is 11.8 Å². The summed E-state index contributed by atoms with van der Waals surface area (Å²) in [5.41, 5.74) is 1.87. The van der Waals surface area contributed by atoms with E-state index >= 15 is 0 Å². The zero-order valence-electron chi connectivity index (χ0n) is 15.9. The van der Waals surface area contributed by atoms with Gasteiger partial charge in [0.25, 0.3) is 0 Å². The maximum Gasteiger partial charge on any atom is 0.335 e. The number of aryl methyl sites for hydroxylation is 1. The van der Waals surface area contributed by atoms with Crippen molar-refractivity contribution < 1.29 is 18.3 Å². The number of aromatic carboxylic acids is 1. The van der Waals surface area contributed by atoms with Crippen molar-refractivity contribution in [1.82, 2.24) is 4.72 Å². The molecular weight excluding hydrogens is 382 g/mol. The van der Waals surface area contributed by atoms with Gasteiger partial charge in [0.2, 0.25) is 10.0 Å². The van der Waals surface area contributed by atoms with Crippen LogP contribution in [0, 0.1) is 6.92 Å². The molecule has 0 aliphatic heterocycles. The lowest BCUT2D eigenvalue weighted by molar-refractivity contribution is 0.0696. The highest BCUT2D eigenvalue weighted by Gasteiger charge is 2.17. The molecule has 0 bridgehead atoms. The van der Waals surface area contributed by atoms with E-state index in [1.54, 1.807) is 18.7 Å². The van der Waals surface area contributed by atoms with Gasteiger partial charge in [-0.15, -0.1) is 11.8 Å². The topological polar surface area (TPSA) is 83.5 Å². The number of nitrogens with one attached hydrogen (secondary N) is 1. The second-order valence-electron chi connectivity index (χ2n) is 7.30. The lowest BCUT2D eigenvalue weighted by Gasteiger charge is -2.19. The summed E-state index contributed by atoms with van der Waals surface area (Å²) in [6.45, 7) is 8.36. The number of sulfonamides is 1. The first-order valence-corrected chi connectivity index (χ1v) is 11.0. The summed E-state index contributed by atoms with van der Waals surface area (Å²) in [4.78, 5) is 12.2. The summed E-state index contributed by atoms with van der Waals surface area (Å²) in [6.07, 6.45) is 0. The van der Waals surface area contributed by atoms with Gasteiger partial charge < -0.3 is 5.11 Å². The van der Waals surface area contributed by atoms with E-state index in [-0.39, 0.29) is 22.4 Å². The van der Waals surface area contributed by atoms with Gasteiger partial charge in [-0.25, -0.2) is 17.9 Å². The lowest BCUT2D eigenvalue weighted by atomic mass is 9.87.